The summed E-state index contributed by atoms with van der Waals surface area (Å²) in [5, 5.41) is 1.88. The number of anilines is 1. The Morgan fingerprint density at radius 1 is 1.27 bits per heavy atom. The molecule has 11 heteroatoms. The van der Waals surface area contributed by atoms with E-state index in [1.165, 1.54) is 11.8 Å². The zero-order valence-corrected chi connectivity index (χ0v) is 21.1. The van der Waals surface area contributed by atoms with E-state index in [4.69, 9.17) is 4.99 Å². The van der Waals surface area contributed by atoms with Gasteiger partial charge in [0, 0.05) is 43.1 Å². The Labute approximate surface area is 202 Å². The number of aromatic nitrogens is 1. The molecule has 2 aromatic rings. The second-order valence-corrected chi connectivity index (χ2v) is 13.3. The topological polar surface area (TPSA) is 97.9 Å². The van der Waals surface area contributed by atoms with Gasteiger partial charge in [-0.3, -0.25) is 9.71 Å². The van der Waals surface area contributed by atoms with Gasteiger partial charge in [-0.2, -0.15) is 0 Å². The number of benzene rings is 1. The summed E-state index contributed by atoms with van der Waals surface area (Å²) in [5.41, 5.74) is 2.20. The highest BCUT2D eigenvalue weighted by Gasteiger charge is 2.41. The fourth-order valence-electron chi connectivity index (χ4n) is 4.41. The monoisotopic (exact) mass is 505 g/mol. The van der Waals surface area contributed by atoms with Crippen molar-refractivity contribution in [1.82, 2.24) is 14.8 Å². The normalized spacial score (nSPS) is 20.2. The lowest BCUT2D eigenvalue weighted by molar-refractivity contribution is 0.154. The molecule has 0 saturated carbocycles. The molecular formula is C22H27N5O3S3. The Kier molecular flexibility index (Phi) is 5.90. The number of nitrogens with one attached hydrogen (secondary N) is 2. The second kappa shape index (κ2) is 8.59. The lowest BCUT2D eigenvalue weighted by Gasteiger charge is -2.38. The van der Waals surface area contributed by atoms with Gasteiger partial charge in [0.25, 0.3) is 10.0 Å². The van der Waals surface area contributed by atoms with Gasteiger partial charge in [0.05, 0.1) is 23.4 Å². The summed E-state index contributed by atoms with van der Waals surface area (Å²) in [6, 6.07) is 7.70. The first-order valence-corrected chi connectivity index (χ1v) is 14.2. The van der Waals surface area contributed by atoms with Crippen LogP contribution in [0.2, 0.25) is 0 Å². The summed E-state index contributed by atoms with van der Waals surface area (Å²) in [6.07, 6.45) is 4.36. The van der Waals surface area contributed by atoms with Gasteiger partial charge in [-0.1, -0.05) is 30.0 Å². The van der Waals surface area contributed by atoms with Crippen LogP contribution in [-0.2, 0) is 10.0 Å². The Bertz CT molecular complexity index is 1260. The molecule has 5 rings (SSSR count). The lowest BCUT2D eigenvalue weighted by Crippen LogP contribution is -2.48. The molecule has 1 aromatic heterocycles. The third kappa shape index (κ3) is 4.38. The van der Waals surface area contributed by atoms with E-state index in [0.29, 0.717) is 9.92 Å². The first kappa shape index (κ1) is 22.7. The minimum Gasteiger partial charge on any atom is -0.351 e. The number of nitrogens with zero attached hydrogens (tertiary/aromatic N) is 3. The zero-order valence-electron chi connectivity index (χ0n) is 18.6. The van der Waals surface area contributed by atoms with E-state index in [-0.39, 0.29) is 10.8 Å². The number of urea groups is 1. The van der Waals surface area contributed by atoms with Gasteiger partial charge in [0.1, 0.15) is 9.28 Å². The number of thioether (sulfide) groups is 2. The van der Waals surface area contributed by atoms with Crippen molar-refractivity contribution in [2.45, 2.75) is 24.0 Å². The second-order valence-electron chi connectivity index (χ2n) is 8.79. The molecule has 0 atom stereocenters. The van der Waals surface area contributed by atoms with Gasteiger partial charge in [0.15, 0.2) is 0 Å². The van der Waals surface area contributed by atoms with Crippen molar-refractivity contribution >= 4 is 61.2 Å². The van der Waals surface area contributed by atoms with Crippen LogP contribution in [-0.4, -0.2) is 78.5 Å². The number of carbonyl (C=O) groups excluding carboxylic acids is 1. The standard InChI is InChI=1S/C22H27N5O3S3/c1-26(2)21(28)27-10-8-22(9-11-27)14-23-20(32-22)17-13-15-5-3-6-16(19(15)24-17)25-33(29,30)18-7-4-12-31-18/h3,5-7,13,24-25H,4,8-12,14H2,1-2H3. The lowest BCUT2D eigenvalue weighted by atomic mass is 9.96. The highest BCUT2D eigenvalue weighted by molar-refractivity contribution is 8.19. The van der Waals surface area contributed by atoms with Crippen molar-refractivity contribution in [3.05, 3.63) is 40.3 Å². The van der Waals surface area contributed by atoms with Crippen LogP contribution in [0.1, 0.15) is 25.0 Å². The molecule has 0 unspecified atom stereocenters. The largest absolute Gasteiger partial charge is 0.351 e. The van der Waals surface area contributed by atoms with Crippen LogP contribution in [0.4, 0.5) is 10.5 Å². The predicted octanol–water partition coefficient (Wildman–Crippen LogP) is 3.90. The number of rotatable bonds is 4. The molecule has 4 heterocycles. The van der Waals surface area contributed by atoms with Crippen LogP contribution >= 0.6 is 23.5 Å². The predicted molar refractivity (Wildman–Crippen MR) is 138 cm³/mol. The quantitative estimate of drug-likeness (QED) is 0.657. The third-order valence-electron chi connectivity index (χ3n) is 6.22. The number of allylic oxidation sites excluding steroid dienone is 1. The van der Waals surface area contributed by atoms with E-state index >= 15 is 0 Å². The SMILES string of the molecule is CN(C)C(=O)N1CCC2(CC1)CN=C(c1cc3cccc(NS(=O)(=O)C4=CCCS4)c3[nH]1)S2. The number of fused-ring (bicyclic) bond motifs is 1. The number of H-pyrrole nitrogens is 1. The van der Waals surface area contributed by atoms with E-state index in [0.717, 1.165) is 66.3 Å². The molecule has 33 heavy (non-hydrogen) atoms. The van der Waals surface area contributed by atoms with Crippen molar-refractivity contribution < 1.29 is 13.2 Å². The molecule has 8 nitrogen and oxygen atoms in total. The Morgan fingerprint density at radius 2 is 2.06 bits per heavy atom. The van der Waals surface area contributed by atoms with Gasteiger partial charge < -0.3 is 14.8 Å². The van der Waals surface area contributed by atoms with Gasteiger partial charge in [-0.25, -0.2) is 13.2 Å². The summed E-state index contributed by atoms with van der Waals surface area (Å²) < 4.78 is 28.7. The number of aromatic amines is 1. The van der Waals surface area contributed by atoms with E-state index in [2.05, 4.69) is 9.71 Å². The highest BCUT2D eigenvalue weighted by atomic mass is 32.3. The molecule has 2 amide bonds. The fraction of sp³-hybridized carbons (Fsp3) is 0.455. The van der Waals surface area contributed by atoms with Gasteiger partial charge in [-0.15, -0.1) is 11.8 Å². The Hall–Kier alpha value is -2.11. The zero-order chi connectivity index (χ0) is 23.2. The Balaban J connectivity index is 1.33. The number of amides is 2. The fourth-order valence-corrected chi connectivity index (χ4v) is 8.25. The van der Waals surface area contributed by atoms with Gasteiger partial charge in [0.2, 0.25) is 0 Å². The summed E-state index contributed by atoms with van der Waals surface area (Å²) in [4.78, 5) is 24.0. The minimum absolute atomic E-state index is 0.0201. The minimum atomic E-state index is -3.57. The number of likely N-dealkylation sites (tertiary alicyclic amines) is 1. The van der Waals surface area contributed by atoms with Crippen LogP contribution < -0.4 is 4.72 Å². The number of carbonyl (C=O) groups is 1. The molecular weight excluding hydrogens is 478 g/mol. The molecule has 176 valence electrons. The summed E-state index contributed by atoms with van der Waals surface area (Å²) >= 11 is 3.15. The number of hydrogen-bond donors (Lipinski definition) is 2. The average molecular weight is 506 g/mol. The van der Waals surface area contributed by atoms with Crippen molar-refractivity contribution in [3.8, 4) is 0 Å². The molecule has 0 bridgehead atoms. The molecule has 0 radical (unpaired) electrons. The summed E-state index contributed by atoms with van der Waals surface area (Å²) in [6.45, 7) is 2.20. The average Bonchev–Trinajstić information content (AvgIpc) is 3.54. The smallest absolute Gasteiger partial charge is 0.319 e. The Morgan fingerprint density at radius 3 is 2.76 bits per heavy atom. The molecule has 1 spiro atoms. The maximum Gasteiger partial charge on any atom is 0.319 e. The molecule has 1 fully saturated rings. The first-order valence-electron chi connectivity index (χ1n) is 10.9. The summed E-state index contributed by atoms with van der Waals surface area (Å²) in [5.74, 6) is 0.799. The van der Waals surface area contributed by atoms with E-state index < -0.39 is 10.0 Å². The number of sulfonamides is 1. The summed E-state index contributed by atoms with van der Waals surface area (Å²) in [7, 11) is -0.00448. The maximum absolute atomic E-state index is 12.8. The number of aliphatic imine (C=N–C) groups is 1. The van der Waals surface area contributed by atoms with Crippen molar-refractivity contribution in [3.63, 3.8) is 0 Å². The number of para-hydroxylation sites is 1. The molecule has 2 N–H and O–H groups in total. The van der Waals surface area contributed by atoms with E-state index in [1.807, 2.05) is 23.1 Å². The highest BCUT2D eigenvalue weighted by Crippen LogP contribution is 2.43. The van der Waals surface area contributed by atoms with Crippen molar-refractivity contribution in [2.24, 2.45) is 4.99 Å². The van der Waals surface area contributed by atoms with E-state index in [9.17, 15) is 13.2 Å². The van der Waals surface area contributed by atoms with Crippen molar-refractivity contribution in [2.75, 3.05) is 44.2 Å². The van der Waals surface area contributed by atoms with Crippen molar-refractivity contribution in [1.29, 1.82) is 0 Å². The van der Waals surface area contributed by atoms with Crippen LogP contribution in [0.3, 0.4) is 0 Å². The molecule has 3 aliphatic heterocycles. The molecule has 1 aromatic carbocycles. The van der Waals surface area contributed by atoms with Crippen LogP contribution in [0.15, 0.2) is 39.6 Å². The van der Waals surface area contributed by atoms with Gasteiger partial charge in [-0.05, 0) is 31.4 Å². The molecule has 3 aliphatic rings. The van der Waals surface area contributed by atoms with Crippen LogP contribution in [0.25, 0.3) is 10.9 Å². The van der Waals surface area contributed by atoms with Gasteiger partial charge >= 0.3 is 6.03 Å². The van der Waals surface area contributed by atoms with E-state index in [1.54, 1.807) is 42.9 Å². The number of piperidine rings is 1. The third-order valence-corrected chi connectivity index (χ3v) is 10.8. The first-order chi connectivity index (χ1) is 15.8. The maximum atomic E-state index is 12.8. The molecule has 1 saturated heterocycles. The molecule has 0 aliphatic carbocycles. The number of hydrogen-bond acceptors (Lipinski definition) is 6. The van der Waals surface area contributed by atoms with Crippen LogP contribution in [0, 0.1) is 0 Å². The van der Waals surface area contributed by atoms with Crippen LogP contribution in [0.5, 0.6) is 0 Å².